The van der Waals surface area contributed by atoms with Crippen molar-refractivity contribution in [1.29, 1.82) is 0 Å². The molecule has 7 nitrogen and oxygen atoms in total. The number of halogens is 3. The number of hydrogen-bond donors (Lipinski definition) is 2. The highest BCUT2D eigenvalue weighted by molar-refractivity contribution is 5.88. The van der Waals surface area contributed by atoms with Gasteiger partial charge in [0, 0.05) is 12.5 Å². The minimum Gasteiger partial charge on any atom is -0.480 e. The quantitative estimate of drug-likeness (QED) is 0.550. The summed E-state index contributed by atoms with van der Waals surface area (Å²) in [4.78, 5) is 37.4. The minimum absolute atomic E-state index is 0.0336. The van der Waals surface area contributed by atoms with Crippen LogP contribution in [0.15, 0.2) is 48.5 Å². The number of nitrogens with zero attached hydrogens (tertiary/aromatic N) is 1. The molecule has 35 heavy (non-hydrogen) atoms. The lowest BCUT2D eigenvalue weighted by Gasteiger charge is -2.27. The summed E-state index contributed by atoms with van der Waals surface area (Å²) in [5, 5.41) is 11.1. The number of benzene rings is 2. The first-order valence-electron chi connectivity index (χ1n) is 11.3. The molecule has 1 fully saturated rings. The summed E-state index contributed by atoms with van der Waals surface area (Å²) in [6.45, 7) is -0.838. The Morgan fingerprint density at radius 3 is 2.11 bits per heavy atom. The van der Waals surface area contributed by atoms with Crippen molar-refractivity contribution in [2.24, 2.45) is 5.92 Å². The van der Waals surface area contributed by atoms with Crippen LogP contribution >= 0.6 is 0 Å². The van der Waals surface area contributed by atoms with Crippen molar-refractivity contribution >= 4 is 18.0 Å². The number of carbonyl (C=O) groups excluding carboxylic acids is 2. The Morgan fingerprint density at radius 2 is 1.60 bits per heavy atom. The third-order valence-corrected chi connectivity index (χ3v) is 6.18. The SMILES string of the molecule is O=C(O)CN(CC1CC1)C(=O)C(CC(F)(F)F)NC(=O)OCC1c2ccccc2-c2ccccc21. The largest absolute Gasteiger partial charge is 0.480 e. The number of alkyl halides is 3. The lowest BCUT2D eigenvalue weighted by atomic mass is 9.98. The maximum atomic E-state index is 13.2. The Labute approximate surface area is 199 Å². The highest BCUT2D eigenvalue weighted by Crippen LogP contribution is 2.44. The van der Waals surface area contributed by atoms with E-state index in [2.05, 4.69) is 0 Å². The van der Waals surface area contributed by atoms with E-state index in [1.165, 1.54) is 0 Å². The number of carboxylic acids is 1. The molecule has 1 saturated carbocycles. The molecule has 2 aromatic rings. The molecule has 0 bridgehead atoms. The Bertz CT molecular complexity index is 1070. The summed E-state index contributed by atoms with van der Waals surface area (Å²) in [6.07, 6.45) is -6.01. The van der Waals surface area contributed by atoms with Gasteiger partial charge in [-0.1, -0.05) is 48.5 Å². The summed E-state index contributed by atoms with van der Waals surface area (Å²) >= 11 is 0. The Kier molecular flexibility index (Phi) is 7.00. The molecular formula is C25H25F3N2O5. The zero-order valence-corrected chi connectivity index (χ0v) is 18.8. The van der Waals surface area contributed by atoms with Crippen LogP contribution in [-0.4, -0.2) is 59.9 Å². The Hall–Kier alpha value is -3.56. The van der Waals surface area contributed by atoms with Gasteiger partial charge in [-0.15, -0.1) is 0 Å². The van der Waals surface area contributed by atoms with Gasteiger partial charge in [0.05, 0.1) is 6.42 Å². The highest BCUT2D eigenvalue weighted by atomic mass is 19.4. The van der Waals surface area contributed by atoms with Crippen LogP contribution in [-0.2, 0) is 14.3 Å². The number of carbonyl (C=O) groups is 3. The fourth-order valence-corrected chi connectivity index (χ4v) is 4.44. The molecule has 0 radical (unpaired) electrons. The standard InChI is InChI=1S/C25H25F3N2O5/c26-25(27,28)11-21(23(33)30(13-22(31)32)12-15-9-10-15)29-24(34)35-14-20-18-7-3-1-5-16(18)17-6-2-4-8-19(17)20/h1-8,15,20-21H,9-14H2,(H,29,34)(H,31,32). The molecular weight excluding hydrogens is 465 g/mol. The molecule has 2 aliphatic carbocycles. The van der Waals surface area contributed by atoms with E-state index in [4.69, 9.17) is 9.84 Å². The van der Waals surface area contributed by atoms with Gasteiger partial charge in [-0.25, -0.2) is 4.79 Å². The van der Waals surface area contributed by atoms with E-state index in [-0.39, 0.29) is 25.0 Å². The number of ether oxygens (including phenoxy) is 1. The van der Waals surface area contributed by atoms with Gasteiger partial charge in [-0.3, -0.25) is 9.59 Å². The van der Waals surface area contributed by atoms with Crippen LogP contribution in [0, 0.1) is 5.92 Å². The molecule has 2 aliphatic rings. The lowest BCUT2D eigenvalue weighted by molar-refractivity contribution is -0.156. The van der Waals surface area contributed by atoms with Gasteiger partial charge in [0.25, 0.3) is 0 Å². The maximum Gasteiger partial charge on any atom is 0.407 e. The van der Waals surface area contributed by atoms with Crippen molar-refractivity contribution in [2.75, 3.05) is 19.7 Å². The average molecular weight is 490 g/mol. The van der Waals surface area contributed by atoms with Gasteiger partial charge in [0.2, 0.25) is 5.91 Å². The first kappa shape index (κ1) is 24.6. The summed E-state index contributed by atoms with van der Waals surface area (Å²) in [7, 11) is 0. The van der Waals surface area contributed by atoms with E-state index < -0.39 is 43.2 Å². The summed E-state index contributed by atoms with van der Waals surface area (Å²) in [5.74, 6) is -2.68. The van der Waals surface area contributed by atoms with Crippen LogP contribution in [0.1, 0.15) is 36.3 Å². The van der Waals surface area contributed by atoms with Gasteiger partial charge in [0.15, 0.2) is 0 Å². The summed E-state index contributed by atoms with van der Waals surface area (Å²) in [6, 6.07) is 13.2. The predicted octanol–water partition coefficient (Wildman–Crippen LogP) is 4.17. The van der Waals surface area contributed by atoms with Crippen molar-refractivity contribution in [3.05, 3.63) is 59.7 Å². The van der Waals surface area contributed by atoms with E-state index in [9.17, 15) is 27.6 Å². The number of carboxylic acid groups (broad SMARTS) is 1. The smallest absolute Gasteiger partial charge is 0.407 e. The van der Waals surface area contributed by atoms with E-state index in [0.717, 1.165) is 40.0 Å². The highest BCUT2D eigenvalue weighted by Gasteiger charge is 2.40. The molecule has 1 unspecified atom stereocenters. The van der Waals surface area contributed by atoms with Crippen molar-refractivity contribution in [3.8, 4) is 11.1 Å². The van der Waals surface area contributed by atoms with Crippen LogP contribution in [0.5, 0.6) is 0 Å². The number of amides is 2. The molecule has 186 valence electrons. The van der Waals surface area contributed by atoms with Crippen molar-refractivity contribution < 1.29 is 37.4 Å². The Balaban J connectivity index is 1.45. The monoisotopic (exact) mass is 490 g/mol. The third-order valence-electron chi connectivity index (χ3n) is 6.18. The lowest BCUT2D eigenvalue weighted by Crippen LogP contribution is -2.52. The average Bonchev–Trinajstić information content (AvgIpc) is 3.55. The molecule has 10 heteroatoms. The van der Waals surface area contributed by atoms with Gasteiger partial charge >= 0.3 is 18.2 Å². The van der Waals surface area contributed by atoms with Crippen molar-refractivity contribution in [1.82, 2.24) is 10.2 Å². The van der Waals surface area contributed by atoms with Crippen LogP contribution in [0.2, 0.25) is 0 Å². The van der Waals surface area contributed by atoms with E-state index in [0.29, 0.717) is 0 Å². The van der Waals surface area contributed by atoms with Crippen molar-refractivity contribution in [2.45, 2.75) is 37.4 Å². The van der Waals surface area contributed by atoms with Gasteiger partial charge in [-0.2, -0.15) is 13.2 Å². The van der Waals surface area contributed by atoms with E-state index in [1.807, 2.05) is 53.8 Å². The molecule has 0 aliphatic heterocycles. The number of aliphatic carboxylic acids is 1. The van der Waals surface area contributed by atoms with Crippen LogP contribution in [0.25, 0.3) is 11.1 Å². The number of rotatable bonds is 9. The topological polar surface area (TPSA) is 95.9 Å². The molecule has 0 saturated heterocycles. The molecule has 2 N–H and O–H groups in total. The third kappa shape index (κ3) is 6.12. The fraction of sp³-hybridized carbons (Fsp3) is 0.400. The van der Waals surface area contributed by atoms with Crippen molar-refractivity contribution in [3.63, 3.8) is 0 Å². The zero-order chi connectivity index (χ0) is 25.2. The molecule has 2 amide bonds. The van der Waals surface area contributed by atoms with E-state index >= 15 is 0 Å². The van der Waals surface area contributed by atoms with Crippen LogP contribution in [0.4, 0.5) is 18.0 Å². The molecule has 1 atom stereocenters. The molecule has 2 aromatic carbocycles. The maximum absolute atomic E-state index is 13.2. The predicted molar refractivity (Wildman–Crippen MR) is 120 cm³/mol. The number of hydrogen-bond acceptors (Lipinski definition) is 4. The van der Waals surface area contributed by atoms with Gasteiger partial charge < -0.3 is 20.1 Å². The fourth-order valence-electron chi connectivity index (χ4n) is 4.44. The normalized spacial score (nSPS) is 15.6. The molecule has 0 spiro atoms. The number of nitrogens with one attached hydrogen (secondary N) is 1. The second-order valence-electron chi connectivity index (χ2n) is 8.90. The second kappa shape index (κ2) is 9.97. The summed E-state index contributed by atoms with van der Waals surface area (Å²) < 4.78 is 44.9. The summed E-state index contributed by atoms with van der Waals surface area (Å²) in [5.41, 5.74) is 3.85. The molecule has 0 heterocycles. The van der Waals surface area contributed by atoms with Crippen LogP contribution < -0.4 is 5.32 Å². The number of fused-ring (bicyclic) bond motifs is 3. The second-order valence-corrected chi connectivity index (χ2v) is 8.90. The molecule has 0 aromatic heterocycles. The van der Waals surface area contributed by atoms with Crippen LogP contribution in [0.3, 0.4) is 0 Å². The van der Waals surface area contributed by atoms with E-state index in [1.54, 1.807) is 0 Å². The zero-order valence-electron chi connectivity index (χ0n) is 18.8. The minimum atomic E-state index is -4.76. The first-order valence-corrected chi connectivity index (χ1v) is 11.3. The molecule has 4 rings (SSSR count). The Morgan fingerprint density at radius 1 is 1.03 bits per heavy atom. The van der Waals surface area contributed by atoms with Gasteiger partial charge in [-0.05, 0) is 41.0 Å². The number of alkyl carbamates (subject to hydrolysis) is 1. The first-order chi connectivity index (χ1) is 16.6. The van der Waals surface area contributed by atoms with Gasteiger partial charge in [0.1, 0.15) is 19.2 Å².